The molecule has 27 heavy (non-hydrogen) atoms. The second kappa shape index (κ2) is 7.84. The third kappa shape index (κ3) is 3.98. The molecule has 2 aromatic heterocycles. The molecular formula is C20H19FN4OS. The minimum absolute atomic E-state index is 0.126. The summed E-state index contributed by atoms with van der Waals surface area (Å²) in [5.74, 6) is 0.158. The molecule has 3 aromatic rings. The summed E-state index contributed by atoms with van der Waals surface area (Å²) in [6, 6.07) is 14.2. The van der Waals surface area contributed by atoms with Crippen LogP contribution in [0.3, 0.4) is 0 Å². The Morgan fingerprint density at radius 3 is 2.56 bits per heavy atom. The highest BCUT2D eigenvalue weighted by Gasteiger charge is 2.26. The molecule has 0 aliphatic carbocycles. The van der Waals surface area contributed by atoms with Gasteiger partial charge in [0.1, 0.15) is 11.5 Å². The zero-order valence-corrected chi connectivity index (χ0v) is 15.5. The Balaban J connectivity index is 1.34. The predicted octanol–water partition coefficient (Wildman–Crippen LogP) is 4.20. The summed E-state index contributed by atoms with van der Waals surface area (Å²) in [6.45, 7) is 1.45. The molecule has 0 bridgehead atoms. The van der Waals surface area contributed by atoms with Crippen LogP contribution >= 0.6 is 11.3 Å². The molecule has 0 spiro atoms. The molecule has 0 atom stereocenters. The van der Waals surface area contributed by atoms with E-state index in [2.05, 4.69) is 20.4 Å². The summed E-state index contributed by atoms with van der Waals surface area (Å²) in [7, 11) is 0. The summed E-state index contributed by atoms with van der Waals surface area (Å²) in [5, 5.41) is 13.4. The SMILES string of the molecule is O=C(Nc1ccccc1F)C1CCN(c2ccc(-c3cccs3)nn2)CC1. The average Bonchev–Trinajstić information content (AvgIpc) is 3.25. The number of anilines is 2. The molecule has 3 heterocycles. The Bertz CT molecular complexity index is 906. The average molecular weight is 382 g/mol. The number of nitrogens with one attached hydrogen (secondary N) is 1. The van der Waals surface area contributed by atoms with Crippen LogP contribution in [0, 0.1) is 11.7 Å². The maximum Gasteiger partial charge on any atom is 0.227 e. The van der Waals surface area contributed by atoms with Crippen molar-refractivity contribution in [3.05, 3.63) is 59.7 Å². The number of thiophene rings is 1. The summed E-state index contributed by atoms with van der Waals surface area (Å²) in [4.78, 5) is 15.6. The van der Waals surface area contributed by atoms with Gasteiger partial charge >= 0.3 is 0 Å². The molecule has 1 aliphatic rings. The van der Waals surface area contributed by atoms with Gasteiger partial charge in [0, 0.05) is 19.0 Å². The standard InChI is InChI=1S/C20H19FN4OS/c21-15-4-1-2-5-16(15)22-20(26)14-9-11-25(12-10-14)19-8-7-17(23-24-19)18-6-3-13-27-18/h1-8,13-14H,9-12H2,(H,22,26). The van der Waals surface area contributed by atoms with Crippen LogP contribution in [0.4, 0.5) is 15.9 Å². The van der Waals surface area contributed by atoms with Crippen molar-refractivity contribution in [2.75, 3.05) is 23.3 Å². The van der Waals surface area contributed by atoms with Crippen LogP contribution in [0.25, 0.3) is 10.6 Å². The highest BCUT2D eigenvalue weighted by molar-refractivity contribution is 7.13. The van der Waals surface area contributed by atoms with Crippen LogP contribution in [0.2, 0.25) is 0 Å². The van der Waals surface area contributed by atoms with Crippen LogP contribution in [0.5, 0.6) is 0 Å². The second-order valence-corrected chi connectivity index (χ2v) is 7.43. The van der Waals surface area contributed by atoms with Crippen molar-refractivity contribution in [3.63, 3.8) is 0 Å². The highest BCUT2D eigenvalue weighted by atomic mass is 32.1. The molecule has 1 aliphatic heterocycles. The smallest absolute Gasteiger partial charge is 0.227 e. The summed E-state index contributed by atoms with van der Waals surface area (Å²) in [6.07, 6.45) is 1.41. The molecule has 7 heteroatoms. The van der Waals surface area contributed by atoms with Crippen molar-refractivity contribution in [3.8, 4) is 10.6 Å². The van der Waals surface area contributed by atoms with E-state index in [0.717, 1.165) is 29.5 Å². The van der Waals surface area contributed by atoms with Crippen LogP contribution in [0.1, 0.15) is 12.8 Å². The topological polar surface area (TPSA) is 58.1 Å². The van der Waals surface area contributed by atoms with E-state index in [9.17, 15) is 9.18 Å². The van der Waals surface area contributed by atoms with Crippen molar-refractivity contribution < 1.29 is 9.18 Å². The summed E-state index contributed by atoms with van der Waals surface area (Å²) < 4.78 is 13.7. The fourth-order valence-electron chi connectivity index (χ4n) is 3.22. The fraction of sp³-hybridized carbons (Fsp3) is 0.250. The third-order valence-electron chi connectivity index (χ3n) is 4.75. The number of halogens is 1. The largest absolute Gasteiger partial charge is 0.355 e. The lowest BCUT2D eigenvalue weighted by Gasteiger charge is -2.31. The molecule has 4 rings (SSSR count). The van der Waals surface area contributed by atoms with Gasteiger partial charge in [0.15, 0.2) is 5.82 Å². The van der Waals surface area contributed by atoms with E-state index in [4.69, 9.17) is 0 Å². The number of carbonyl (C=O) groups is 1. The summed E-state index contributed by atoms with van der Waals surface area (Å²) >= 11 is 1.64. The Morgan fingerprint density at radius 1 is 1.07 bits per heavy atom. The number of rotatable bonds is 4. The first-order valence-electron chi connectivity index (χ1n) is 8.88. The van der Waals surface area contributed by atoms with Crippen LogP contribution in [-0.4, -0.2) is 29.2 Å². The maximum atomic E-state index is 13.7. The number of nitrogens with zero attached hydrogens (tertiary/aromatic N) is 3. The number of amides is 1. The van der Waals surface area contributed by atoms with Gasteiger partial charge in [-0.25, -0.2) is 4.39 Å². The number of para-hydroxylation sites is 1. The van der Waals surface area contributed by atoms with Gasteiger partial charge in [-0.2, -0.15) is 0 Å². The highest BCUT2D eigenvalue weighted by Crippen LogP contribution is 2.26. The molecule has 138 valence electrons. The van der Waals surface area contributed by atoms with Gasteiger partial charge in [-0.15, -0.1) is 21.5 Å². The molecule has 1 aromatic carbocycles. The number of hydrogen-bond acceptors (Lipinski definition) is 5. The molecule has 1 saturated heterocycles. The lowest BCUT2D eigenvalue weighted by molar-refractivity contribution is -0.120. The van der Waals surface area contributed by atoms with E-state index < -0.39 is 5.82 Å². The molecule has 1 N–H and O–H groups in total. The zero-order chi connectivity index (χ0) is 18.6. The van der Waals surface area contributed by atoms with Crippen LogP contribution in [-0.2, 0) is 4.79 Å². The van der Waals surface area contributed by atoms with E-state index in [1.165, 1.54) is 6.07 Å². The normalized spacial score (nSPS) is 14.9. The van der Waals surface area contributed by atoms with Gasteiger partial charge < -0.3 is 10.2 Å². The van der Waals surface area contributed by atoms with Crippen molar-refractivity contribution in [2.45, 2.75) is 12.8 Å². The number of benzene rings is 1. The lowest BCUT2D eigenvalue weighted by atomic mass is 9.96. The van der Waals surface area contributed by atoms with E-state index in [-0.39, 0.29) is 17.5 Å². The Morgan fingerprint density at radius 2 is 1.89 bits per heavy atom. The van der Waals surface area contributed by atoms with Crippen molar-refractivity contribution in [1.82, 2.24) is 10.2 Å². The fourth-order valence-corrected chi connectivity index (χ4v) is 3.91. The summed E-state index contributed by atoms with van der Waals surface area (Å²) in [5.41, 5.74) is 1.10. The quantitative estimate of drug-likeness (QED) is 0.735. The molecule has 0 radical (unpaired) electrons. The first-order valence-corrected chi connectivity index (χ1v) is 9.76. The molecule has 0 unspecified atom stereocenters. The van der Waals surface area contributed by atoms with Gasteiger partial charge in [0.25, 0.3) is 0 Å². The Labute approximate surface area is 160 Å². The van der Waals surface area contributed by atoms with Gasteiger partial charge in [-0.05, 0) is 48.6 Å². The minimum atomic E-state index is -0.413. The molecular weight excluding hydrogens is 363 g/mol. The van der Waals surface area contributed by atoms with Gasteiger partial charge in [-0.3, -0.25) is 4.79 Å². The van der Waals surface area contributed by atoms with Crippen molar-refractivity contribution >= 4 is 28.7 Å². The maximum absolute atomic E-state index is 13.7. The first kappa shape index (κ1) is 17.6. The molecule has 0 saturated carbocycles. The van der Waals surface area contributed by atoms with Gasteiger partial charge in [-0.1, -0.05) is 18.2 Å². The lowest BCUT2D eigenvalue weighted by Crippen LogP contribution is -2.38. The number of aromatic nitrogens is 2. The van der Waals surface area contributed by atoms with Crippen LogP contribution < -0.4 is 10.2 Å². The van der Waals surface area contributed by atoms with Gasteiger partial charge in [0.05, 0.1) is 10.6 Å². The molecule has 1 amide bonds. The van der Waals surface area contributed by atoms with Gasteiger partial charge in [0.2, 0.25) is 5.91 Å². The van der Waals surface area contributed by atoms with E-state index >= 15 is 0 Å². The third-order valence-corrected chi connectivity index (χ3v) is 5.64. The monoisotopic (exact) mass is 382 g/mol. The molecule has 1 fully saturated rings. The predicted molar refractivity (Wildman–Crippen MR) is 105 cm³/mol. The van der Waals surface area contributed by atoms with E-state index in [0.29, 0.717) is 12.8 Å². The molecule has 5 nitrogen and oxygen atoms in total. The first-order chi connectivity index (χ1) is 13.2. The van der Waals surface area contributed by atoms with Crippen molar-refractivity contribution in [2.24, 2.45) is 5.92 Å². The number of hydrogen-bond donors (Lipinski definition) is 1. The van der Waals surface area contributed by atoms with Crippen LogP contribution in [0.15, 0.2) is 53.9 Å². The van der Waals surface area contributed by atoms with Crippen molar-refractivity contribution in [1.29, 1.82) is 0 Å². The minimum Gasteiger partial charge on any atom is -0.355 e. The zero-order valence-electron chi connectivity index (χ0n) is 14.6. The number of piperidine rings is 1. The Hall–Kier alpha value is -2.80. The second-order valence-electron chi connectivity index (χ2n) is 6.48. The van der Waals surface area contributed by atoms with E-state index in [1.54, 1.807) is 29.5 Å². The van der Waals surface area contributed by atoms with E-state index in [1.807, 2.05) is 29.6 Å². The number of carbonyl (C=O) groups excluding carboxylic acids is 1. The Kier molecular flexibility index (Phi) is 5.11.